The van der Waals surface area contributed by atoms with E-state index in [0.29, 0.717) is 13.1 Å². The lowest BCUT2D eigenvalue weighted by molar-refractivity contribution is -0.176. The Labute approximate surface area is 166 Å². The summed E-state index contributed by atoms with van der Waals surface area (Å²) in [5, 5.41) is 6.25. The Morgan fingerprint density at radius 1 is 0.714 bits per heavy atom. The van der Waals surface area contributed by atoms with Crippen LogP contribution in [0.5, 0.6) is 0 Å². The van der Waals surface area contributed by atoms with Crippen LogP contribution in [0, 0.1) is 0 Å². The minimum Gasteiger partial charge on any atom is -0.434 e. The lowest BCUT2D eigenvalue weighted by atomic mass is 10.2. The van der Waals surface area contributed by atoms with Gasteiger partial charge in [0.05, 0.1) is 0 Å². The molecule has 0 spiro atoms. The molecule has 0 fully saturated rings. The van der Waals surface area contributed by atoms with Crippen molar-refractivity contribution in [1.29, 1.82) is 0 Å². The van der Waals surface area contributed by atoms with Crippen molar-refractivity contribution in [3.05, 3.63) is 71.8 Å². The zero-order chi connectivity index (χ0) is 20.2. The minimum absolute atomic E-state index is 0.645. The number of carbonyl (C=O) groups excluding carboxylic acids is 2. The summed E-state index contributed by atoms with van der Waals surface area (Å²) in [4.78, 5) is 24.7. The van der Waals surface area contributed by atoms with Gasteiger partial charge in [0.25, 0.3) is 0 Å². The topological polar surface area (TPSA) is 76.7 Å². The molecule has 0 saturated heterocycles. The Balaban J connectivity index is 2.04. The molecule has 150 valence electrons. The molecule has 2 aromatic carbocycles. The summed E-state index contributed by atoms with van der Waals surface area (Å²) in [6, 6.07) is 18.5. The Morgan fingerprint density at radius 2 is 1.07 bits per heavy atom. The maximum Gasteiger partial charge on any atom is 0.419 e. The second-order valence-corrected chi connectivity index (χ2v) is 6.30. The van der Waals surface area contributed by atoms with E-state index in [2.05, 4.69) is 10.6 Å². The van der Waals surface area contributed by atoms with Crippen LogP contribution in [0.15, 0.2) is 60.7 Å². The molecule has 2 aromatic rings. The molecular weight excluding hydrogens is 356 g/mol. The summed E-state index contributed by atoms with van der Waals surface area (Å²) >= 11 is 0. The van der Waals surface area contributed by atoms with E-state index in [4.69, 9.17) is 9.47 Å². The fraction of sp³-hybridized carbons (Fsp3) is 0.364. The van der Waals surface area contributed by atoms with E-state index in [1.54, 1.807) is 0 Å². The van der Waals surface area contributed by atoms with Crippen LogP contribution < -0.4 is 10.6 Å². The number of nitrogens with one attached hydrogen (secondary N) is 2. The molecule has 6 heteroatoms. The van der Waals surface area contributed by atoms with E-state index >= 15 is 0 Å². The van der Waals surface area contributed by atoms with Crippen LogP contribution in [0.4, 0.5) is 0 Å². The number of carbonyl (C=O) groups is 2. The van der Waals surface area contributed by atoms with Gasteiger partial charge < -0.3 is 9.47 Å². The fourth-order valence-corrected chi connectivity index (χ4v) is 2.57. The predicted molar refractivity (Wildman–Crippen MR) is 107 cm³/mol. The molecule has 2 N–H and O–H groups in total. The van der Waals surface area contributed by atoms with Crippen molar-refractivity contribution in [3.8, 4) is 0 Å². The van der Waals surface area contributed by atoms with Gasteiger partial charge in [-0.2, -0.15) is 0 Å². The van der Waals surface area contributed by atoms with Gasteiger partial charge in [0.2, 0.25) is 0 Å². The Morgan fingerprint density at radius 3 is 1.39 bits per heavy atom. The Kier molecular flexibility index (Phi) is 9.18. The second kappa shape index (κ2) is 11.9. The van der Waals surface area contributed by atoms with Crippen molar-refractivity contribution >= 4 is 11.9 Å². The van der Waals surface area contributed by atoms with Crippen molar-refractivity contribution in [3.63, 3.8) is 0 Å². The Hall–Kier alpha value is -2.70. The molecule has 0 aliphatic rings. The zero-order valence-corrected chi connectivity index (χ0v) is 16.4. The van der Waals surface area contributed by atoms with Gasteiger partial charge in [0.15, 0.2) is 12.5 Å². The minimum atomic E-state index is -1.03. The molecular formula is C22H28N2O4. The van der Waals surface area contributed by atoms with Crippen LogP contribution >= 0.6 is 0 Å². The van der Waals surface area contributed by atoms with Crippen molar-refractivity contribution < 1.29 is 19.1 Å². The van der Waals surface area contributed by atoms with E-state index in [1.807, 2.05) is 74.5 Å². The van der Waals surface area contributed by atoms with Crippen molar-refractivity contribution in [2.24, 2.45) is 0 Å². The number of benzene rings is 2. The second-order valence-electron chi connectivity index (χ2n) is 6.30. The molecule has 0 radical (unpaired) electrons. The van der Waals surface area contributed by atoms with Crippen LogP contribution in [0.2, 0.25) is 0 Å². The van der Waals surface area contributed by atoms with E-state index < -0.39 is 24.4 Å². The number of rotatable bonds is 10. The number of hydrogen-bond donors (Lipinski definition) is 2. The largest absolute Gasteiger partial charge is 0.434 e. The standard InChI is InChI=1S/C22H28N2O4/c1-3-15-23-19(17-11-7-5-8-12-17)27-21(25)22(26)28-20(24-16-4-2)18-13-9-6-10-14-18/h5-14,19-20,23-24H,3-4,15-16H2,1-2H3. The summed E-state index contributed by atoms with van der Waals surface area (Å²) in [6.07, 6.45) is 0.310. The molecule has 0 saturated carbocycles. The molecule has 0 aliphatic carbocycles. The highest BCUT2D eigenvalue weighted by molar-refractivity contribution is 6.29. The van der Waals surface area contributed by atoms with Gasteiger partial charge in [0.1, 0.15) is 0 Å². The summed E-state index contributed by atoms with van der Waals surface area (Å²) in [6.45, 7) is 5.31. The summed E-state index contributed by atoms with van der Waals surface area (Å²) in [7, 11) is 0. The summed E-state index contributed by atoms with van der Waals surface area (Å²) in [5.74, 6) is -2.06. The van der Waals surface area contributed by atoms with Crippen molar-refractivity contribution in [2.45, 2.75) is 39.1 Å². The first-order valence-corrected chi connectivity index (χ1v) is 9.64. The SMILES string of the molecule is CCCNC(OC(=O)C(=O)OC(NCCC)c1ccccc1)c1ccccc1. The normalized spacial score (nSPS) is 12.8. The smallest absolute Gasteiger partial charge is 0.419 e. The highest BCUT2D eigenvalue weighted by atomic mass is 16.6. The molecule has 0 amide bonds. The quantitative estimate of drug-likeness (QED) is 0.371. The van der Waals surface area contributed by atoms with Gasteiger partial charge in [-0.05, 0) is 25.9 Å². The fourth-order valence-electron chi connectivity index (χ4n) is 2.57. The Bertz CT molecular complexity index is 658. The first kappa shape index (κ1) is 21.6. The zero-order valence-electron chi connectivity index (χ0n) is 16.4. The third-order valence-corrected chi connectivity index (χ3v) is 3.98. The monoisotopic (exact) mass is 384 g/mol. The maximum absolute atomic E-state index is 12.4. The molecule has 28 heavy (non-hydrogen) atoms. The first-order valence-electron chi connectivity index (χ1n) is 9.64. The molecule has 2 unspecified atom stereocenters. The van der Waals surface area contributed by atoms with E-state index in [9.17, 15) is 9.59 Å². The van der Waals surface area contributed by atoms with Gasteiger partial charge in [-0.15, -0.1) is 0 Å². The number of esters is 2. The highest BCUT2D eigenvalue weighted by Gasteiger charge is 2.26. The number of hydrogen-bond acceptors (Lipinski definition) is 6. The molecule has 6 nitrogen and oxygen atoms in total. The summed E-state index contributed by atoms with van der Waals surface area (Å²) < 4.78 is 10.8. The summed E-state index contributed by atoms with van der Waals surface area (Å²) in [5.41, 5.74) is 1.53. The third-order valence-electron chi connectivity index (χ3n) is 3.98. The van der Waals surface area contributed by atoms with E-state index in [1.165, 1.54) is 0 Å². The molecule has 0 heterocycles. The highest BCUT2D eigenvalue weighted by Crippen LogP contribution is 2.17. The van der Waals surface area contributed by atoms with Gasteiger partial charge in [-0.3, -0.25) is 10.6 Å². The average Bonchev–Trinajstić information content (AvgIpc) is 2.75. The van der Waals surface area contributed by atoms with Crippen LogP contribution in [0.3, 0.4) is 0 Å². The molecule has 2 atom stereocenters. The predicted octanol–water partition coefficient (Wildman–Crippen LogP) is 3.47. The van der Waals surface area contributed by atoms with Crippen LogP contribution in [-0.2, 0) is 19.1 Å². The lowest BCUT2D eigenvalue weighted by Crippen LogP contribution is -2.34. The van der Waals surface area contributed by atoms with Crippen molar-refractivity contribution in [2.75, 3.05) is 13.1 Å². The van der Waals surface area contributed by atoms with Crippen LogP contribution in [-0.4, -0.2) is 25.0 Å². The molecule has 0 aliphatic heterocycles. The van der Waals surface area contributed by atoms with Gasteiger partial charge in [0, 0.05) is 11.1 Å². The van der Waals surface area contributed by atoms with Gasteiger partial charge in [-0.1, -0.05) is 74.5 Å². The molecule has 2 rings (SSSR count). The molecule has 0 bridgehead atoms. The third kappa shape index (κ3) is 6.79. The maximum atomic E-state index is 12.4. The molecule has 0 aromatic heterocycles. The van der Waals surface area contributed by atoms with Crippen LogP contribution in [0.25, 0.3) is 0 Å². The van der Waals surface area contributed by atoms with Crippen molar-refractivity contribution in [1.82, 2.24) is 10.6 Å². The van der Waals surface area contributed by atoms with Gasteiger partial charge in [-0.25, -0.2) is 9.59 Å². The first-order chi connectivity index (χ1) is 13.7. The number of ether oxygens (including phenoxy) is 2. The van der Waals surface area contributed by atoms with E-state index in [0.717, 1.165) is 24.0 Å². The van der Waals surface area contributed by atoms with Gasteiger partial charge >= 0.3 is 11.9 Å². The lowest BCUT2D eigenvalue weighted by Gasteiger charge is -2.21. The van der Waals surface area contributed by atoms with E-state index in [-0.39, 0.29) is 0 Å². The van der Waals surface area contributed by atoms with Crippen LogP contribution in [0.1, 0.15) is 50.3 Å². The average molecular weight is 384 g/mol.